The van der Waals surface area contributed by atoms with Crippen LogP contribution in [0.3, 0.4) is 0 Å². The Kier molecular flexibility index (Phi) is 4.44. The Morgan fingerprint density at radius 2 is 1.88 bits per heavy atom. The Morgan fingerprint density at radius 3 is 2.24 bits per heavy atom. The Balaban J connectivity index is 2.97. The highest BCUT2D eigenvalue weighted by atomic mass is 16.4. The standard InChI is InChI=1S/C13H16B2O2/c1-9(2)7-10-3-5-11(6-4-10)13(15,8-14)12(16)17/h3-6,9H,7-8H2,1-2H3,(H,16,17). The Bertz CT molecular complexity index is 387. The Morgan fingerprint density at radius 1 is 1.35 bits per heavy atom. The molecule has 0 aliphatic rings. The lowest BCUT2D eigenvalue weighted by atomic mass is 9.58. The van der Waals surface area contributed by atoms with Crippen LogP contribution < -0.4 is 0 Å². The summed E-state index contributed by atoms with van der Waals surface area (Å²) in [6.07, 6.45) is 0.847. The molecule has 17 heavy (non-hydrogen) atoms. The lowest BCUT2D eigenvalue weighted by molar-refractivity contribution is -0.139. The first-order valence-corrected chi connectivity index (χ1v) is 5.72. The molecule has 0 saturated heterocycles. The normalized spacial score (nSPS) is 14.5. The van der Waals surface area contributed by atoms with Gasteiger partial charge in [0.15, 0.2) is 0 Å². The van der Waals surface area contributed by atoms with Gasteiger partial charge in [-0.1, -0.05) is 44.4 Å². The minimum absolute atomic E-state index is 0.119. The number of carboxylic acids is 1. The molecule has 1 N–H and O–H groups in total. The summed E-state index contributed by atoms with van der Waals surface area (Å²) in [6, 6.07) is 7.32. The zero-order valence-corrected chi connectivity index (χ0v) is 10.3. The lowest BCUT2D eigenvalue weighted by Crippen LogP contribution is -2.35. The van der Waals surface area contributed by atoms with E-state index in [0.29, 0.717) is 11.5 Å². The highest BCUT2D eigenvalue weighted by molar-refractivity contribution is 6.32. The molecule has 1 aromatic carbocycles. The number of aliphatic carboxylic acids is 1. The van der Waals surface area contributed by atoms with Crippen molar-refractivity contribution in [1.82, 2.24) is 0 Å². The molecule has 86 valence electrons. The molecule has 4 radical (unpaired) electrons. The molecule has 0 amide bonds. The molecule has 0 fully saturated rings. The van der Waals surface area contributed by atoms with Gasteiger partial charge >= 0.3 is 5.97 Å². The van der Waals surface area contributed by atoms with E-state index in [1.165, 1.54) is 5.56 Å². The molecule has 0 heterocycles. The van der Waals surface area contributed by atoms with Crippen molar-refractivity contribution in [2.24, 2.45) is 5.92 Å². The highest BCUT2D eigenvalue weighted by Gasteiger charge is 2.31. The van der Waals surface area contributed by atoms with Crippen molar-refractivity contribution in [3.8, 4) is 0 Å². The van der Waals surface area contributed by atoms with Gasteiger partial charge < -0.3 is 5.11 Å². The third-order valence-electron chi connectivity index (χ3n) is 2.82. The molecule has 0 saturated carbocycles. The largest absolute Gasteiger partial charge is 0.481 e. The average Bonchev–Trinajstić information content (AvgIpc) is 2.28. The SMILES string of the molecule is [B]CC([B])(C(=O)O)c1ccc(CC(C)C)cc1. The summed E-state index contributed by atoms with van der Waals surface area (Å²) >= 11 is 0. The van der Waals surface area contributed by atoms with Crippen molar-refractivity contribution in [3.63, 3.8) is 0 Å². The quantitative estimate of drug-likeness (QED) is 0.778. The van der Waals surface area contributed by atoms with Crippen molar-refractivity contribution in [3.05, 3.63) is 35.4 Å². The number of hydrogen-bond donors (Lipinski definition) is 1. The van der Waals surface area contributed by atoms with Crippen LogP contribution in [0.5, 0.6) is 0 Å². The van der Waals surface area contributed by atoms with E-state index in [0.717, 1.165) is 6.42 Å². The van der Waals surface area contributed by atoms with E-state index < -0.39 is 11.3 Å². The maximum Gasteiger partial charge on any atom is 0.304 e. The minimum atomic E-state index is -1.49. The van der Waals surface area contributed by atoms with E-state index in [2.05, 4.69) is 13.8 Å². The van der Waals surface area contributed by atoms with Crippen LogP contribution >= 0.6 is 0 Å². The van der Waals surface area contributed by atoms with Gasteiger partial charge in [0.1, 0.15) is 0 Å². The number of rotatable bonds is 5. The summed E-state index contributed by atoms with van der Waals surface area (Å²) in [6.45, 7) is 4.27. The summed E-state index contributed by atoms with van der Waals surface area (Å²) in [4.78, 5) is 11.1. The first-order chi connectivity index (χ1) is 7.90. The van der Waals surface area contributed by atoms with E-state index in [1.807, 2.05) is 12.1 Å². The monoisotopic (exact) mass is 226 g/mol. The molecule has 1 aromatic rings. The summed E-state index contributed by atoms with van der Waals surface area (Å²) in [5.74, 6) is -0.533. The van der Waals surface area contributed by atoms with Gasteiger partial charge in [0.05, 0.1) is 15.7 Å². The molecule has 2 nitrogen and oxygen atoms in total. The predicted octanol–water partition coefficient (Wildman–Crippen LogP) is 1.92. The molecule has 0 aliphatic heterocycles. The van der Waals surface area contributed by atoms with Crippen LogP contribution in [0.1, 0.15) is 25.0 Å². The smallest absolute Gasteiger partial charge is 0.304 e. The maximum atomic E-state index is 11.1. The number of benzene rings is 1. The molecule has 1 rings (SSSR count). The molecule has 1 unspecified atom stereocenters. The molecule has 0 aromatic heterocycles. The minimum Gasteiger partial charge on any atom is -0.481 e. The topological polar surface area (TPSA) is 37.3 Å². The van der Waals surface area contributed by atoms with E-state index in [-0.39, 0.29) is 6.32 Å². The van der Waals surface area contributed by atoms with Gasteiger partial charge in [-0.25, -0.2) is 0 Å². The van der Waals surface area contributed by atoms with Crippen LogP contribution in [0.2, 0.25) is 6.32 Å². The number of carboxylic acid groups (broad SMARTS) is 1. The zero-order chi connectivity index (χ0) is 13.1. The average molecular weight is 226 g/mol. The van der Waals surface area contributed by atoms with Crippen molar-refractivity contribution in [2.75, 3.05) is 0 Å². The van der Waals surface area contributed by atoms with E-state index in [9.17, 15) is 4.79 Å². The predicted molar refractivity (Wildman–Crippen MR) is 70.6 cm³/mol. The van der Waals surface area contributed by atoms with Gasteiger partial charge in [-0.15, -0.1) is 0 Å². The summed E-state index contributed by atoms with van der Waals surface area (Å²) in [5.41, 5.74) is 1.72. The Hall–Kier alpha value is -1.18. The van der Waals surface area contributed by atoms with E-state index in [4.69, 9.17) is 20.8 Å². The first kappa shape index (κ1) is 13.9. The Labute approximate surface area is 105 Å². The second-order valence-electron chi connectivity index (χ2n) is 4.78. The maximum absolute atomic E-state index is 11.1. The molecular formula is C13H16B2O2. The second-order valence-corrected chi connectivity index (χ2v) is 4.78. The van der Waals surface area contributed by atoms with Crippen molar-refractivity contribution < 1.29 is 9.90 Å². The molecule has 0 spiro atoms. The molecular weight excluding hydrogens is 210 g/mol. The molecule has 4 heteroatoms. The lowest BCUT2D eigenvalue weighted by Gasteiger charge is -2.24. The molecule has 0 aliphatic carbocycles. The van der Waals surface area contributed by atoms with Gasteiger partial charge in [0.2, 0.25) is 0 Å². The zero-order valence-electron chi connectivity index (χ0n) is 10.3. The van der Waals surface area contributed by atoms with Gasteiger partial charge in [0, 0.05) is 5.31 Å². The third kappa shape index (κ3) is 3.15. The van der Waals surface area contributed by atoms with Gasteiger partial charge in [-0.3, -0.25) is 4.79 Å². The van der Waals surface area contributed by atoms with Crippen LogP contribution in [0, 0.1) is 5.92 Å². The van der Waals surface area contributed by atoms with E-state index in [1.54, 1.807) is 12.1 Å². The second kappa shape index (κ2) is 5.44. The first-order valence-electron chi connectivity index (χ1n) is 5.72. The fraction of sp³-hybridized carbons (Fsp3) is 0.462. The van der Waals surface area contributed by atoms with Crippen molar-refractivity contribution in [2.45, 2.75) is 31.9 Å². The van der Waals surface area contributed by atoms with Gasteiger partial charge in [-0.05, 0) is 23.5 Å². The van der Waals surface area contributed by atoms with E-state index >= 15 is 0 Å². The van der Waals surface area contributed by atoms with Crippen LogP contribution in [0.25, 0.3) is 0 Å². The fourth-order valence-corrected chi connectivity index (χ4v) is 1.74. The molecule has 0 bridgehead atoms. The van der Waals surface area contributed by atoms with Crippen molar-refractivity contribution in [1.29, 1.82) is 0 Å². The number of hydrogen-bond acceptors (Lipinski definition) is 1. The van der Waals surface area contributed by atoms with Crippen molar-refractivity contribution >= 4 is 21.7 Å². The van der Waals surface area contributed by atoms with Crippen LogP contribution in [-0.4, -0.2) is 26.8 Å². The van der Waals surface area contributed by atoms with Crippen LogP contribution in [0.15, 0.2) is 24.3 Å². The highest BCUT2D eigenvalue weighted by Crippen LogP contribution is 2.25. The summed E-state index contributed by atoms with van der Waals surface area (Å²) in [7, 11) is 11.2. The number of carbonyl (C=O) groups is 1. The molecule has 1 atom stereocenters. The third-order valence-corrected chi connectivity index (χ3v) is 2.82. The van der Waals surface area contributed by atoms with Crippen LogP contribution in [-0.2, 0) is 16.5 Å². The summed E-state index contributed by atoms with van der Waals surface area (Å²) in [5, 5.41) is 7.61. The fourth-order valence-electron chi connectivity index (χ4n) is 1.74. The van der Waals surface area contributed by atoms with Gasteiger partial charge in [0.25, 0.3) is 0 Å². The van der Waals surface area contributed by atoms with Gasteiger partial charge in [-0.2, -0.15) is 0 Å². The van der Waals surface area contributed by atoms with Crippen LogP contribution in [0.4, 0.5) is 0 Å². The summed E-state index contributed by atoms with van der Waals surface area (Å²) < 4.78 is 0.